The van der Waals surface area contributed by atoms with Crippen molar-refractivity contribution in [2.45, 2.75) is 24.2 Å². The maximum atomic E-state index is 12.1. The summed E-state index contributed by atoms with van der Waals surface area (Å²) in [4.78, 5) is 0.321. The van der Waals surface area contributed by atoms with Gasteiger partial charge in [0.1, 0.15) is 4.90 Å². The molecule has 0 unspecified atom stereocenters. The van der Waals surface area contributed by atoms with Gasteiger partial charge < -0.3 is 5.32 Å². The number of hydrogen-bond acceptors (Lipinski definition) is 3. The van der Waals surface area contributed by atoms with Gasteiger partial charge in [0.2, 0.25) is 10.0 Å². The van der Waals surface area contributed by atoms with Crippen molar-refractivity contribution in [1.29, 1.82) is 0 Å². The summed E-state index contributed by atoms with van der Waals surface area (Å²) in [5, 5.41) is 2.90. The molecule has 1 aromatic rings. The van der Waals surface area contributed by atoms with E-state index in [0.717, 1.165) is 12.8 Å². The standard InChI is InChI=1S/C12H18N2O2S/c1-13-11-7-2-3-8-12(11)17(15,16)14-9-10-5-4-6-10/h2-3,7-8,10,13-14H,4-6,9H2,1H3. The molecule has 0 aromatic heterocycles. The van der Waals surface area contributed by atoms with Gasteiger partial charge >= 0.3 is 0 Å². The molecule has 1 aliphatic carbocycles. The molecule has 0 saturated heterocycles. The van der Waals surface area contributed by atoms with Crippen molar-refractivity contribution in [2.75, 3.05) is 18.9 Å². The van der Waals surface area contributed by atoms with Crippen LogP contribution in [0.3, 0.4) is 0 Å². The lowest BCUT2D eigenvalue weighted by Gasteiger charge is -2.25. The van der Waals surface area contributed by atoms with Crippen LogP contribution < -0.4 is 10.0 Å². The van der Waals surface area contributed by atoms with Gasteiger partial charge in [-0.15, -0.1) is 0 Å². The predicted molar refractivity (Wildman–Crippen MR) is 68.5 cm³/mol. The Bertz CT molecular complexity index is 481. The highest BCUT2D eigenvalue weighted by molar-refractivity contribution is 7.89. The van der Waals surface area contributed by atoms with Crippen molar-refractivity contribution >= 4 is 15.7 Å². The zero-order chi connectivity index (χ0) is 12.3. The number of rotatable bonds is 5. The number of para-hydroxylation sites is 1. The molecule has 1 saturated carbocycles. The van der Waals surface area contributed by atoms with Gasteiger partial charge in [-0.2, -0.15) is 0 Å². The minimum absolute atomic E-state index is 0.321. The number of anilines is 1. The summed E-state index contributed by atoms with van der Waals surface area (Å²) in [6.07, 6.45) is 3.49. The minimum Gasteiger partial charge on any atom is -0.387 e. The topological polar surface area (TPSA) is 58.2 Å². The van der Waals surface area contributed by atoms with Crippen LogP contribution in [-0.4, -0.2) is 22.0 Å². The molecule has 0 amide bonds. The van der Waals surface area contributed by atoms with E-state index in [4.69, 9.17) is 0 Å². The van der Waals surface area contributed by atoms with Gasteiger partial charge in [0, 0.05) is 13.6 Å². The van der Waals surface area contributed by atoms with E-state index >= 15 is 0 Å². The molecule has 94 valence electrons. The second kappa shape index (κ2) is 5.06. The van der Waals surface area contributed by atoms with Crippen LogP contribution in [0.15, 0.2) is 29.2 Å². The van der Waals surface area contributed by atoms with Crippen LogP contribution in [0.25, 0.3) is 0 Å². The Morgan fingerprint density at radius 3 is 2.59 bits per heavy atom. The van der Waals surface area contributed by atoms with Gasteiger partial charge in [-0.05, 0) is 30.9 Å². The Labute approximate surface area is 102 Å². The molecule has 1 aliphatic rings. The fraction of sp³-hybridized carbons (Fsp3) is 0.500. The average molecular weight is 254 g/mol. The van der Waals surface area contributed by atoms with Gasteiger partial charge in [-0.25, -0.2) is 13.1 Å². The Morgan fingerprint density at radius 1 is 1.29 bits per heavy atom. The lowest BCUT2D eigenvalue weighted by atomic mass is 9.86. The highest BCUT2D eigenvalue weighted by Crippen LogP contribution is 2.26. The van der Waals surface area contributed by atoms with Crippen LogP contribution in [0.2, 0.25) is 0 Å². The van der Waals surface area contributed by atoms with Crippen LogP contribution in [-0.2, 0) is 10.0 Å². The van der Waals surface area contributed by atoms with Gasteiger partial charge in [-0.3, -0.25) is 0 Å². The van der Waals surface area contributed by atoms with E-state index in [2.05, 4.69) is 10.0 Å². The van der Waals surface area contributed by atoms with E-state index in [0.29, 0.717) is 23.0 Å². The van der Waals surface area contributed by atoms with Gasteiger partial charge in [0.05, 0.1) is 5.69 Å². The summed E-state index contributed by atoms with van der Waals surface area (Å²) >= 11 is 0. The Morgan fingerprint density at radius 2 is 2.00 bits per heavy atom. The van der Waals surface area contributed by atoms with Gasteiger partial charge in [0.25, 0.3) is 0 Å². The van der Waals surface area contributed by atoms with Crippen LogP contribution >= 0.6 is 0 Å². The summed E-state index contributed by atoms with van der Waals surface area (Å²) in [6, 6.07) is 6.93. The minimum atomic E-state index is -3.39. The fourth-order valence-electron chi connectivity index (χ4n) is 1.91. The second-order valence-corrected chi connectivity index (χ2v) is 6.13. The molecule has 0 heterocycles. The first kappa shape index (κ1) is 12.4. The maximum Gasteiger partial charge on any atom is 0.242 e. The van der Waals surface area contributed by atoms with Crippen molar-refractivity contribution in [2.24, 2.45) is 5.92 Å². The summed E-state index contributed by atoms with van der Waals surface area (Å²) in [7, 11) is -1.66. The molecule has 4 nitrogen and oxygen atoms in total. The molecule has 1 fully saturated rings. The first-order chi connectivity index (χ1) is 8.13. The summed E-state index contributed by atoms with van der Waals surface area (Å²) in [5.74, 6) is 0.520. The van der Waals surface area contributed by atoms with E-state index in [1.165, 1.54) is 6.42 Å². The highest BCUT2D eigenvalue weighted by Gasteiger charge is 2.22. The van der Waals surface area contributed by atoms with E-state index in [9.17, 15) is 8.42 Å². The third-order valence-corrected chi connectivity index (χ3v) is 4.71. The lowest BCUT2D eigenvalue weighted by molar-refractivity contribution is 0.316. The Kier molecular flexibility index (Phi) is 3.69. The molecule has 5 heteroatoms. The molecule has 2 N–H and O–H groups in total. The van der Waals surface area contributed by atoms with E-state index in [-0.39, 0.29) is 0 Å². The Balaban J connectivity index is 2.12. The predicted octanol–water partition coefficient (Wildman–Crippen LogP) is 1.81. The van der Waals surface area contributed by atoms with Crippen LogP contribution in [0.1, 0.15) is 19.3 Å². The highest BCUT2D eigenvalue weighted by atomic mass is 32.2. The van der Waals surface area contributed by atoms with Crippen molar-refractivity contribution < 1.29 is 8.42 Å². The molecule has 1 aromatic carbocycles. The normalized spacial score (nSPS) is 16.5. The molecular formula is C12H18N2O2S. The molecule has 0 bridgehead atoms. The number of hydrogen-bond donors (Lipinski definition) is 2. The van der Waals surface area contributed by atoms with E-state index in [1.54, 1.807) is 25.2 Å². The molecule has 0 atom stereocenters. The summed E-state index contributed by atoms with van der Waals surface area (Å²) < 4.78 is 26.9. The lowest BCUT2D eigenvalue weighted by Crippen LogP contribution is -2.32. The van der Waals surface area contributed by atoms with Crippen molar-refractivity contribution in [1.82, 2.24) is 4.72 Å². The van der Waals surface area contributed by atoms with E-state index in [1.807, 2.05) is 6.07 Å². The molecule has 0 aliphatic heterocycles. The zero-order valence-electron chi connectivity index (χ0n) is 9.94. The third kappa shape index (κ3) is 2.79. The molecule has 17 heavy (non-hydrogen) atoms. The third-order valence-electron chi connectivity index (χ3n) is 3.23. The fourth-order valence-corrected chi connectivity index (χ4v) is 3.24. The molecular weight excluding hydrogens is 236 g/mol. The first-order valence-electron chi connectivity index (χ1n) is 5.90. The van der Waals surface area contributed by atoms with Gasteiger partial charge in [0.15, 0.2) is 0 Å². The smallest absolute Gasteiger partial charge is 0.242 e. The monoisotopic (exact) mass is 254 g/mol. The first-order valence-corrected chi connectivity index (χ1v) is 7.38. The van der Waals surface area contributed by atoms with Crippen molar-refractivity contribution in [3.63, 3.8) is 0 Å². The van der Waals surface area contributed by atoms with Crippen LogP contribution in [0, 0.1) is 5.92 Å². The van der Waals surface area contributed by atoms with Crippen LogP contribution in [0.5, 0.6) is 0 Å². The number of nitrogens with one attached hydrogen (secondary N) is 2. The van der Waals surface area contributed by atoms with Gasteiger partial charge in [-0.1, -0.05) is 18.6 Å². The van der Waals surface area contributed by atoms with Crippen molar-refractivity contribution in [3.05, 3.63) is 24.3 Å². The maximum absolute atomic E-state index is 12.1. The molecule has 0 spiro atoms. The zero-order valence-corrected chi connectivity index (χ0v) is 10.8. The molecule has 0 radical (unpaired) electrons. The van der Waals surface area contributed by atoms with Crippen molar-refractivity contribution in [3.8, 4) is 0 Å². The molecule has 2 rings (SSSR count). The number of benzene rings is 1. The largest absolute Gasteiger partial charge is 0.387 e. The average Bonchev–Trinajstić information content (AvgIpc) is 2.26. The SMILES string of the molecule is CNc1ccccc1S(=O)(=O)NCC1CCC1. The Hall–Kier alpha value is -1.07. The van der Waals surface area contributed by atoms with E-state index < -0.39 is 10.0 Å². The van der Waals surface area contributed by atoms with Crippen LogP contribution in [0.4, 0.5) is 5.69 Å². The second-order valence-electron chi connectivity index (χ2n) is 4.39. The summed E-state index contributed by atoms with van der Waals surface area (Å²) in [5.41, 5.74) is 0.633. The quantitative estimate of drug-likeness (QED) is 0.842. The number of sulfonamides is 1. The summed E-state index contributed by atoms with van der Waals surface area (Å²) in [6.45, 7) is 0.556.